The Morgan fingerprint density at radius 2 is 1.07 bits per heavy atom. The van der Waals surface area contributed by atoms with Gasteiger partial charge in [0.1, 0.15) is 29.7 Å². The second-order valence-electron chi connectivity index (χ2n) is 24.2. The zero-order valence-corrected chi connectivity index (χ0v) is 48.0. The van der Waals surface area contributed by atoms with Gasteiger partial charge < -0.3 is 19.3 Å². The van der Waals surface area contributed by atoms with Gasteiger partial charge in [0.2, 0.25) is 0 Å². The summed E-state index contributed by atoms with van der Waals surface area (Å²) in [6.07, 6.45) is 14.7. The van der Waals surface area contributed by atoms with Crippen molar-refractivity contribution in [1.82, 2.24) is 0 Å². The Morgan fingerprint density at radius 3 is 1.55 bits per heavy atom. The number of hydrogen-bond donors (Lipinski definition) is 1. The molecule has 9 heteroatoms. The summed E-state index contributed by atoms with van der Waals surface area (Å²) in [4.78, 5) is 24.2. The molecule has 6 aromatic rings. The van der Waals surface area contributed by atoms with Crippen molar-refractivity contribution in [2.75, 3.05) is 13.2 Å². The van der Waals surface area contributed by atoms with Gasteiger partial charge in [0, 0.05) is 30.8 Å². The minimum absolute atomic E-state index is 0. The molecule has 6 aliphatic rings. The van der Waals surface area contributed by atoms with Gasteiger partial charge in [0.05, 0.1) is 25.0 Å². The molecule has 80 heavy (non-hydrogen) atoms. The lowest BCUT2D eigenvalue weighted by Gasteiger charge is -2.25. The molecule has 1 N–H and O–H groups in total. The van der Waals surface area contributed by atoms with E-state index in [4.69, 9.17) is 28.8 Å². The summed E-state index contributed by atoms with van der Waals surface area (Å²) in [7, 11) is 0. The molecule has 2 saturated carbocycles. The summed E-state index contributed by atoms with van der Waals surface area (Å²) in [6, 6.07) is 34.9. The van der Waals surface area contributed by atoms with E-state index in [-0.39, 0.29) is 64.5 Å². The molecule has 12 rings (SSSR count). The number of rotatable bonds is 12. The second-order valence-corrected chi connectivity index (χ2v) is 24.5. The van der Waals surface area contributed by atoms with E-state index >= 15 is 4.39 Å². The lowest BCUT2D eigenvalue weighted by molar-refractivity contribution is -0.146. The Labute approximate surface area is 481 Å². The van der Waals surface area contributed by atoms with Gasteiger partial charge in [0.15, 0.2) is 0 Å². The van der Waals surface area contributed by atoms with Gasteiger partial charge in [-0.25, -0.2) is 8.78 Å². The minimum Gasteiger partial charge on any atom is -0.508 e. The highest BCUT2D eigenvalue weighted by atomic mass is 35.5. The van der Waals surface area contributed by atoms with Gasteiger partial charge in [-0.1, -0.05) is 107 Å². The van der Waals surface area contributed by atoms with E-state index in [1.165, 1.54) is 27.8 Å². The van der Waals surface area contributed by atoms with Crippen LogP contribution in [-0.2, 0) is 55.2 Å². The number of fused-ring (bicyclic) bond motifs is 4. The molecular formula is C71H81ClF2O6. The maximum absolute atomic E-state index is 15.0. The number of carbonyl (C=O) groups excluding carboxylic acids is 2. The van der Waals surface area contributed by atoms with E-state index in [0.29, 0.717) is 42.6 Å². The van der Waals surface area contributed by atoms with Crippen LogP contribution in [0.25, 0.3) is 33.4 Å². The first-order valence-corrected chi connectivity index (χ1v) is 29.0. The molecule has 0 unspecified atom stereocenters. The molecule has 2 fully saturated rings. The van der Waals surface area contributed by atoms with Crippen LogP contribution in [0.1, 0.15) is 159 Å². The van der Waals surface area contributed by atoms with Crippen LogP contribution in [0.4, 0.5) is 8.78 Å². The largest absolute Gasteiger partial charge is 0.508 e. The quantitative estimate of drug-likeness (QED) is 0.0971. The first-order chi connectivity index (χ1) is 38.8. The topological polar surface area (TPSA) is 82.1 Å². The predicted molar refractivity (Wildman–Crippen MR) is 322 cm³/mol. The van der Waals surface area contributed by atoms with Crippen LogP contribution in [0.15, 0.2) is 121 Å². The summed E-state index contributed by atoms with van der Waals surface area (Å²) in [5.41, 5.74) is 17.3. The maximum atomic E-state index is 15.0. The molecule has 6 aromatic carbocycles. The Hall–Kier alpha value is -6.51. The van der Waals surface area contributed by atoms with Crippen molar-refractivity contribution in [2.45, 2.75) is 150 Å². The van der Waals surface area contributed by atoms with Gasteiger partial charge in [-0.05, 0) is 230 Å². The first kappa shape index (κ1) is 56.8. The SMILES string of the molecule is C.CCOC(=O)[C@H]1C[C@]12CCc1ccc(O)cc12.CCOC(=O)[C@H]1C[C@]12CCc1ccc(OCc3ccc(-c4cc(C)ccc4F)c(C4=CCCC4(C)C)c3)cc12.Cc1ccc(F)c(-c2ccc(CCl)cc2C2=CCCC2(C)C)c1.[3H][3H]. The molecule has 0 heterocycles. The fourth-order valence-electron chi connectivity index (χ4n) is 13.5. The molecule has 422 valence electrons. The fraction of sp³-hybridized carbons (Fsp3) is 0.408. The molecule has 0 aliphatic heterocycles. The summed E-state index contributed by atoms with van der Waals surface area (Å²) < 4.78 is 56.2. The van der Waals surface area contributed by atoms with Crippen molar-refractivity contribution in [2.24, 2.45) is 22.7 Å². The lowest BCUT2D eigenvalue weighted by Crippen LogP contribution is -2.15. The number of esters is 2. The Balaban J connectivity index is 0.000000173. The molecular weight excluding hydrogens is 1020 g/mol. The Bertz CT molecular complexity index is 3420. The van der Waals surface area contributed by atoms with Crippen LogP contribution >= 0.6 is 11.6 Å². The zero-order valence-electron chi connectivity index (χ0n) is 49.2. The van der Waals surface area contributed by atoms with Crippen molar-refractivity contribution >= 4 is 34.7 Å². The van der Waals surface area contributed by atoms with Crippen LogP contribution in [0, 0.1) is 48.1 Å². The molecule has 0 saturated heterocycles. The summed E-state index contributed by atoms with van der Waals surface area (Å²) in [6.45, 7) is 18.0. The third-order valence-electron chi connectivity index (χ3n) is 18.0. The normalized spacial score (nSPS) is 22.0. The van der Waals surface area contributed by atoms with Crippen molar-refractivity contribution in [3.8, 4) is 33.8 Å². The molecule has 0 amide bonds. The summed E-state index contributed by atoms with van der Waals surface area (Å²) in [5, 5.41) is 9.57. The monoisotopic (exact) mass is 1110 g/mol. The van der Waals surface area contributed by atoms with E-state index in [1.54, 1.807) is 18.2 Å². The molecule has 6 nitrogen and oxygen atoms in total. The fourth-order valence-corrected chi connectivity index (χ4v) is 13.6. The van der Waals surface area contributed by atoms with E-state index in [0.717, 1.165) is 120 Å². The van der Waals surface area contributed by atoms with Gasteiger partial charge in [-0.15, -0.1) is 11.6 Å². The van der Waals surface area contributed by atoms with Crippen LogP contribution < -0.4 is 4.74 Å². The Kier molecular flexibility index (Phi) is 16.4. The molecule has 6 aliphatic carbocycles. The highest BCUT2D eigenvalue weighted by Gasteiger charge is 2.63. The molecule has 0 bridgehead atoms. The van der Waals surface area contributed by atoms with Crippen molar-refractivity contribution in [3.63, 3.8) is 0 Å². The summed E-state index contributed by atoms with van der Waals surface area (Å²) in [5.74, 6) is 1.03. The molecule has 0 radical (unpaired) electrons. The lowest BCUT2D eigenvalue weighted by atomic mass is 9.79. The summed E-state index contributed by atoms with van der Waals surface area (Å²) >= 11 is 6.04. The number of phenolic OH excluding ortho intramolecular Hbond substituents is 1. The number of halogens is 3. The van der Waals surface area contributed by atoms with E-state index in [9.17, 15) is 19.1 Å². The van der Waals surface area contributed by atoms with Crippen LogP contribution in [0.3, 0.4) is 0 Å². The first-order valence-electron chi connectivity index (χ1n) is 29.5. The molecule has 4 atom stereocenters. The van der Waals surface area contributed by atoms with E-state index in [2.05, 4.69) is 70.2 Å². The average molecular weight is 1110 g/mol. The third-order valence-corrected chi connectivity index (χ3v) is 18.4. The second kappa shape index (κ2) is 23.2. The number of benzene rings is 6. The molecule has 0 aromatic heterocycles. The number of hydrogen-bond acceptors (Lipinski definition) is 6. The number of alkyl halides is 1. The number of phenols is 1. The van der Waals surface area contributed by atoms with Crippen molar-refractivity contribution < 1.29 is 40.7 Å². The van der Waals surface area contributed by atoms with E-state index in [1.807, 2.05) is 88.4 Å². The van der Waals surface area contributed by atoms with Crippen LogP contribution in [0.2, 0.25) is 0 Å². The highest BCUT2D eigenvalue weighted by molar-refractivity contribution is 6.17. The maximum Gasteiger partial charge on any atom is 0.309 e. The van der Waals surface area contributed by atoms with Gasteiger partial charge in [0.25, 0.3) is 0 Å². The average Bonchev–Trinajstić information content (AvgIpc) is 2.95. The van der Waals surface area contributed by atoms with E-state index < -0.39 is 0 Å². The molecule has 2 spiro atoms. The van der Waals surface area contributed by atoms with Gasteiger partial charge in [-0.2, -0.15) is 0 Å². The number of allylic oxidation sites excluding steroid dienone is 4. The van der Waals surface area contributed by atoms with Crippen LogP contribution in [-0.4, -0.2) is 30.3 Å². The van der Waals surface area contributed by atoms with Crippen molar-refractivity contribution in [3.05, 3.63) is 189 Å². The van der Waals surface area contributed by atoms with Gasteiger partial charge >= 0.3 is 11.9 Å². The van der Waals surface area contributed by atoms with Crippen molar-refractivity contribution in [1.29, 1.82) is 0 Å². The third kappa shape index (κ3) is 11.4. The predicted octanol–water partition coefficient (Wildman–Crippen LogP) is 18.1. The standard InChI is InChI=1S/C35H37FO3.C21H22ClF.C14H16O3.CH4.H2/c1-5-38-33(37)31-20-35(31)16-14-24-10-11-25(19-30(24)35)39-21-23-9-12-26(28-17-22(2)8-13-32(28)36)27(18-23)29-7-6-15-34(29,3)4;1-14-6-9-20(23)18(11-14)16-8-7-15(13-22)12-17(16)19-5-4-10-21(19,2)3;1-2-17-13(16)12-8-14(12)6-5-9-3-4-10(15)7-11(9)14;;/h7-13,17-19,31H,5-6,14-16,20-21H2,1-4H3;5-9,11-12H,4,10,13H2,1-3H3;3-4,7,12,15H,2,5-6,8H2,1H3;1H4;1H/t31-,35+;;12-,14+;;/m1.1../s1/i;;;;1+2T. The smallest absolute Gasteiger partial charge is 0.309 e. The van der Waals surface area contributed by atoms with Gasteiger partial charge in [-0.3, -0.25) is 9.59 Å². The number of aryl methyl sites for hydroxylation is 4. The number of ether oxygens (including phenoxy) is 3. The number of aromatic hydroxyl groups is 1. The highest BCUT2D eigenvalue weighted by Crippen LogP contribution is 2.63. The zero-order chi connectivity index (χ0) is 58.0. The number of carbonyl (C=O) groups is 2. The Morgan fingerprint density at radius 1 is 0.600 bits per heavy atom. The minimum atomic E-state index is -0.199. The van der Waals surface area contributed by atoms with Crippen LogP contribution in [0.5, 0.6) is 11.5 Å².